The first kappa shape index (κ1) is 25.7. The lowest BCUT2D eigenvalue weighted by Gasteiger charge is -2.23. The molecule has 2 atom stereocenters. The molecule has 1 aromatic heterocycles. The minimum absolute atomic E-state index is 0.00428. The summed E-state index contributed by atoms with van der Waals surface area (Å²) >= 11 is 1.23. The van der Waals surface area contributed by atoms with Crippen molar-refractivity contribution in [3.63, 3.8) is 0 Å². The number of benzene rings is 3. The summed E-state index contributed by atoms with van der Waals surface area (Å²) in [6.45, 7) is 4.04. The number of thiazole rings is 1. The number of methoxy groups -OCH3 is 1. The van der Waals surface area contributed by atoms with Crippen LogP contribution in [0.5, 0.6) is 23.0 Å². The van der Waals surface area contributed by atoms with Gasteiger partial charge >= 0.3 is 5.91 Å². The van der Waals surface area contributed by atoms with Crippen LogP contribution in [0.1, 0.15) is 36.6 Å². The fourth-order valence-corrected chi connectivity index (χ4v) is 6.19. The van der Waals surface area contributed by atoms with Crippen LogP contribution < -0.4 is 19.1 Å². The molecular weight excluding hydrogens is 532 g/mol. The molecule has 4 aromatic rings. The maximum absolute atomic E-state index is 13.6. The number of rotatable bonds is 6. The summed E-state index contributed by atoms with van der Waals surface area (Å²) in [6, 6.07) is 14.2. The number of aliphatic hydroxyl groups is 1. The van der Waals surface area contributed by atoms with Gasteiger partial charge in [-0.05, 0) is 73.5 Å². The number of amides is 1. The van der Waals surface area contributed by atoms with Crippen molar-refractivity contribution in [3.05, 3.63) is 76.9 Å². The van der Waals surface area contributed by atoms with Crippen molar-refractivity contribution in [2.24, 2.45) is 0 Å². The van der Waals surface area contributed by atoms with E-state index in [4.69, 9.17) is 14.2 Å². The maximum Gasteiger partial charge on any atom is 0.301 e. The van der Waals surface area contributed by atoms with E-state index >= 15 is 0 Å². The number of fused-ring (bicyclic) bond motifs is 2. The van der Waals surface area contributed by atoms with Crippen molar-refractivity contribution >= 4 is 44.1 Å². The molecule has 3 heterocycles. The summed E-state index contributed by atoms with van der Waals surface area (Å²) in [5.41, 5.74) is 2.33. The molecule has 1 fully saturated rings. The van der Waals surface area contributed by atoms with Crippen LogP contribution in [0.4, 0.5) is 5.13 Å². The van der Waals surface area contributed by atoms with Gasteiger partial charge in [-0.1, -0.05) is 17.4 Å². The fraction of sp³-hybridized carbons (Fsp3) is 0.233. The topological polar surface area (TPSA) is 118 Å². The van der Waals surface area contributed by atoms with E-state index in [0.29, 0.717) is 35.4 Å². The predicted molar refractivity (Wildman–Crippen MR) is 150 cm³/mol. The van der Waals surface area contributed by atoms with Crippen molar-refractivity contribution in [3.8, 4) is 23.0 Å². The predicted octanol–water partition coefficient (Wildman–Crippen LogP) is 5.36. The zero-order chi connectivity index (χ0) is 28.1. The summed E-state index contributed by atoms with van der Waals surface area (Å²) in [5.74, 6) is -0.480. The third-order valence-corrected chi connectivity index (χ3v) is 8.02. The molecule has 0 radical (unpaired) electrons. The average Bonchev–Trinajstić information content (AvgIpc) is 3.61. The lowest BCUT2D eigenvalue weighted by molar-refractivity contribution is -0.132. The second-order valence-electron chi connectivity index (χ2n) is 9.61. The average molecular weight is 559 g/mol. The molecule has 3 aromatic carbocycles. The number of phenols is 1. The Hall–Kier alpha value is -4.57. The van der Waals surface area contributed by atoms with Crippen LogP contribution in [-0.4, -0.2) is 46.7 Å². The quantitative estimate of drug-likeness (QED) is 0.185. The second-order valence-corrected chi connectivity index (χ2v) is 10.6. The number of Topliss-reactive ketones (excluding diaryl/α,β-unsaturated/α-hetero) is 1. The lowest BCUT2D eigenvalue weighted by atomic mass is 9.94. The first-order valence-corrected chi connectivity index (χ1v) is 13.6. The fourth-order valence-electron chi connectivity index (χ4n) is 5.16. The first-order valence-electron chi connectivity index (χ1n) is 12.8. The largest absolute Gasteiger partial charge is 0.507 e. The molecule has 2 aliphatic rings. The monoisotopic (exact) mass is 558 g/mol. The number of aromatic nitrogens is 1. The standard InChI is InChI=1S/C30H26N2O7S/c1-4-38-23-13-16(5-9-21(23)33)26-25(27(34)17-6-10-22-18(12-17)11-15(2)39-22)28(35)29(36)32(26)30-31-20-8-7-19(37-3)14-24(20)40-30/h5-10,12-15,26,33-34H,4,11H2,1-3H3/b27-25+/t15-,26-/m1/s1. The minimum atomic E-state index is -1.02. The van der Waals surface area contributed by atoms with E-state index in [1.165, 1.54) is 22.3 Å². The van der Waals surface area contributed by atoms with Crippen molar-refractivity contribution in [2.75, 3.05) is 18.6 Å². The molecule has 1 amide bonds. The van der Waals surface area contributed by atoms with Crippen LogP contribution in [0.25, 0.3) is 16.0 Å². The summed E-state index contributed by atoms with van der Waals surface area (Å²) in [4.78, 5) is 33.2. The van der Waals surface area contributed by atoms with Crippen LogP contribution in [0.2, 0.25) is 0 Å². The van der Waals surface area contributed by atoms with Gasteiger partial charge in [0, 0.05) is 12.0 Å². The molecule has 9 nitrogen and oxygen atoms in total. The van der Waals surface area contributed by atoms with Gasteiger partial charge < -0.3 is 24.4 Å². The van der Waals surface area contributed by atoms with Crippen LogP contribution in [0.15, 0.2) is 60.2 Å². The molecule has 0 aliphatic carbocycles. The molecule has 0 bridgehead atoms. The summed E-state index contributed by atoms with van der Waals surface area (Å²) in [7, 11) is 1.56. The highest BCUT2D eigenvalue weighted by atomic mass is 32.1. The SMILES string of the molecule is CCOc1cc([C@@H]2/C(=C(\O)c3ccc4c(c3)C[C@@H](C)O4)C(=O)C(=O)N2c2nc3ccc(OC)cc3s2)ccc1O. The van der Waals surface area contributed by atoms with Crippen LogP contribution >= 0.6 is 11.3 Å². The highest BCUT2D eigenvalue weighted by molar-refractivity contribution is 7.22. The number of carbonyl (C=O) groups excluding carboxylic acids is 2. The van der Waals surface area contributed by atoms with E-state index in [-0.39, 0.29) is 34.1 Å². The Bertz CT molecular complexity index is 1710. The third kappa shape index (κ3) is 4.21. The Labute approximate surface area is 233 Å². The number of ketones is 1. The molecular formula is C30H26N2O7S. The Balaban J connectivity index is 1.54. The van der Waals surface area contributed by atoms with Gasteiger partial charge in [0.05, 0.1) is 35.5 Å². The Kier molecular flexibility index (Phi) is 6.34. The molecule has 2 N–H and O–H groups in total. The van der Waals surface area contributed by atoms with Crippen LogP contribution in [0, 0.1) is 0 Å². The molecule has 10 heteroatoms. The number of anilines is 1. The van der Waals surface area contributed by atoms with Gasteiger partial charge in [-0.2, -0.15) is 0 Å². The van der Waals surface area contributed by atoms with Gasteiger partial charge in [0.2, 0.25) is 0 Å². The van der Waals surface area contributed by atoms with Crippen molar-refractivity contribution < 1.29 is 34.0 Å². The molecule has 1 saturated heterocycles. The normalized spacial score (nSPS) is 19.6. The molecule has 6 rings (SSSR count). The number of nitrogens with zero attached hydrogens (tertiary/aromatic N) is 2. The number of aliphatic hydroxyl groups excluding tert-OH is 1. The number of aromatic hydroxyl groups is 1. The number of hydrogen-bond donors (Lipinski definition) is 2. The minimum Gasteiger partial charge on any atom is -0.507 e. The van der Waals surface area contributed by atoms with Crippen molar-refractivity contribution in [1.29, 1.82) is 0 Å². The second kappa shape index (κ2) is 9.87. The molecule has 204 valence electrons. The van der Waals surface area contributed by atoms with Gasteiger partial charge in [0.15, 0.2) is 16.6 Å². The molecule has 0 spiro atoms. The van der Waals surface area contributed by atoms with E-state index in [1.54, 1.807) is 56.5 Å². The molecule has 0 unspecified atom stereocenters. The van der Waals surface area contributed by atoms with Crippen molar-refractivity contribution in [1.82, 2.24) is 4.98 Å². The van der Waals surface area contributed by atoms with E-state index in [0.717, 1.165) is 16.0 Å². The lowest BCUT2D eigenvalue weighted by Crippen LogP contribution is -2.29. The third-order valence-electron chi connectivity index (χ3n) is 7.00. The summed E-state index contributed by atoms with van der Waals surface area (Å²) in [5, 5.41) is 22.2. The Morgan fingerprint density at radius 3 is 2.75 bits per heavy atom. The maximum atomic E-state index is 13.6. The first-order chi connectivity index (χ1) is 19.3. The zero-order valence-electron chi connectivity index (χ0n) is 22.0. The van der Waals surface area contributed by atoms with E-state index in [9.17, 15) is 19.8 Å². The van der Waals surface area contributed by atoms with E-state index < -0.39 is 17.7 Å². The van der Waals surface area contributed by atoms with E-state index in [2.05, 4.69) is 4.98 Å². The number of phenolic OH excluding ortho intramolecular Hbond substituents is 1. The highest BCUT2D eigenvalue weighted by Crippen LogP contribution is 2.46. The zero-order valence-corrected chi connectivity index (χ0v) is 22.8. The number of carbonyl (C=O) groups is 2. The van der Waals surface area contributed by atoms with Gasteiger partial charge in [0.1, 0.15) is 23.4 Å². The van der Waals surface area contributed by atoms with Crippen molar-refractivity contribution in [2.45, 2.75) is 32.4 Å². The Morgan fingerprint density at radius 2 is 1.98 bits per heavy atom. The molecule has 40 heavy (non-hydrogen) atoms. The van der Waals surface area contributed by atoms with E-state index in [1.807, 2.05) is 13.0 Å². The smallest absolute Gasteiger partial charge is 0.301 e. The van der Waals surface area contributed by atoms with Gasteiger partial charge in [-0.3, -0.25) is 14.5 Å². The summed E-state index contributed by atoms with van der Waals surface area (Å²) in [6.07, 6.45) is 0.670. The molecule has 0 saturated carbocycles. The number of hydrogen-bond acceptors (Lipinski definition) is 9. The van der Waals surface area contributed by atoms with Gasteiger partial charge in [0.25, 0.3) is 5.78 Å². The van der Waals surface area contributed by atoms with Gasteiger partial charge in [-0.25, -0.2) is 4.98 Å². The van der Waals surface area contributed by atoms with Crippen LogP contribution in [0.3, 0.4) is 0 Å². The Morgan fingerprint density at radius 1 is 1.15 bits per heavy atom. The number of ether oxygens (including phenoxy) is 3. The molecule has 2 aliphatic heterocycles. The summed E-state index contributed by atoms with van der Waals surface area (Å²) < 4.78 is 17.5. The van der Waals surface area contributed by atoms with Gasteiger partial charge in [-0.15, -0.1) is 0 Å². The van der Waals surface area contributed by atoms with Crippen LogP contribution in [-0.2, 0) is 16.0 Å². The highest BCUT2D eigenvalue weighted by Gasteiger charge is 2.48.